The molecule has 220 valence electrons. The minimum atomic E-state index is -0.909. The topological polar surface area (TPSA) is 81.5 Å². The van der Waals surface area contributed by atoms with Crippen LogP contribution in [0.2, 0.25) is 0 Å². The van der Waals surface area contributed by atoms with Gasteiger partial charge in [-0.15, -0.1) is 0 Å². The Morgan fingerprint density at radius 2 is 1.29 bits per heavy atom. The van der Waals surface area contributed by atoms with E-state index in [9.17, 15) is 14.9 Å². The van der Waals surface area contributed by atoms with Crippen LogP contribution in [0.1, 0.15) is 106 Å². The van der Waals surface area contributed by atoms with Crippen LogP contribution in [0.25, 0.3) is 0 Å². The van der Waals surface area contributed by atoms with Crippen molar-refractivity contribution in [2.24, 2.45) is 10.8 Å². The number of nitro groups is 1. The van der Waals surface area contributed by atoms with Gasteiger partial charge in [-0.2, -0.15) is 0 Å². The molecule has 1 atom stereocenters. The van der Waals surface area contributed by atoms with E-state index in [0.29, 0.717) is 0 Å². The maximum absolute atomic E-state index is 13.9. The zero-order valence-corrected chi connectivity index (χ0v) is 26.8. The summed E-state index contributed by atoms with van der Waals surface area (Å²) in [5.74, 6) is 0.817. The van der Waals surface area contributed by atoms with Gasteiger partial charge in [-0.25, -0.2) is 0 Å². The molecule has 0 amide bonds. The second-order valence-electron chi connectivity index (χ2n) is 15.8. The molecule has 2 aliphatic rings. The second kappa shape index (κ2) is 9.57. The Kier molecular flexibility index (Phi) is 7.13. The van der Waals surface area contributed by atoms with Crippen LogP contribution in [0, 0.1) is 20.9 Å². The Balaban J connectivity index is 2.09. The first-order chi connectivity index (χ1) is 18.5. The highest BCUT2D eigenvalue weighted by atomic mass is 16.6. The summed E-state index contributed by atoms with van der Waals surface area (Å²) in [5.41, 5.74) is 3.36. The van der Waals surface area contributed by atoms with Crippen LogP contribution in [-0.2, 0) is 15.6 Å². The Hall–Kier alpha value is -3.41. The van der Waals surface area contributed by atoms with E-state index in [2.05, 4.69) is 101 Å². The van der Waals surface area contributed by atoms with Crippen LogP contribution in [0.4, 0.5) is 11.4 Å². The molecule has 0 saturated carbocycles. The van der Waals surface area contributed by atoms with E-state index in [1.54, 1.807) is 12.1 Å². The molecular formula is C35H46N2O4. The molecule has 1 spiro atoms. The Morgan fingerprint density at radius 3 is 1.71 bits per heavy atom. The number of hydrogen-bond acceptors (Lipinski definition) is 5. The SMILES string of the molecule is CC(C)(C)C1=CC2(C=C(C(C)(C)C)C1=O)Nc1cc(C(C)(C)C)cc(C(C)(C)C)c1O[C@@H]2c1ccc([N+](=O)[O-])cc1. The third-order valence-electron chi connectivity index (χ3n) is 8.06. The van der Waals surface area contributed by atoms with Gasteiger partial charge < -0.3 is 10.1 Å². The summed E-state index contributed by atoms with van der Waals surface area (Å²) in [6, 6.07) is 11.0. The average molecular weight is 559 g/mol. The quantitative estimate of drug-likeness (QED) is 0.294. The molecule has 1 aliphatic carbocycles. The molecule has 1 aliphatic heterocycles. The largest absolute Gasteiger partial charge is 0.480 e. The van der Waals surface area contributed by atoms with Gasteiger partial charge in [0.2, 0.25) is 0 Å². The number of anilines is 1. The predicted octanol–water partition coefficient (Wildman–Crippen LogP) is 9.00. The summed E-state index contributed by atoms with van der Waals surface area (Å²) in [6.45, 7) is 25.5. The fourth-order valence-corrected chi connectivity index (χ4v) is 5.60. The van der Waals surface area contributed by atoms with Crippen molar-refractivity contribution in [2.45, 2.75) is 106 Å². The highest BCUT2D eigenvalue weighted by molar-refractivity contribution is 6.11. The molecule has 1 heterocycles. The summed E-state index contributed by atoms with van der Waals surface area (Å²) in [4.78, 5) is 25.0. The van der Waals surface area contributed by atoms with Crippen molar-refractivity contribution in [3.63, 3.8) is 0 Å². The Bertz CT molecular complexity index is 1420. The van der Waals surface area contributed by atoms with Crippen LogP contribution in [0.15, 0.2) is 59.7 Å². The van der Waals surface area contributed by atoms with E-state index in [1.807, 2.05) is 12.2 Å². The molecular weight excluding hydrogens is 512 g/mol. The van der Waals surface area contributed by atoms with E-state index in [-0.39, 0.29) is 22.3 Å². The highest BCUT2D eigenvalue weighted by Gasteiger charge is 2.50. The lowest BCUT2D eigenvalue weighted by atomic mass is 9.66. The number of ketones is 1. The zero-order chi connectivity index (χ0) is 30.9. The molecule has 0 saturated heterocycles. The molecule has 6 nitrogen and oxygen atoms in total. The predicted molar refractivity (Wildman–Crippen MR) is 167 cm³/mol. The van der Waals surface area contributed by atoms with Gasteiger partial charge in [0.1, 0.15) is 11.3 Å². The minimum absolute atomic E-state index is 0.0211. The van der Waals surface area contributed by atoms with Crippen LogP contribution in [-0.4, -0.2) is 16.2 Å². The molecule has 0 aromatic heterocycles. The summed E-state index contributed by atoms with van der Waals surface area (Å²) >= 11 is 0. The maximum atomic E-state index is 13.9. The molecule has 41 heavy (non-hydrogen) atoms. The lowest BCUT2D eigenvalue weighted by Gasteiger charge is -2.48. The van der Waals surface area contributed by atoms with Crippen molar-refractivity contribution in [1.29, 1.82) is 0 Å². The number of rotatable bonds is 2. The van der Waals surface area contributed by atoms with Gasteiger partial charge in [0.15, 0.2) is 11.9 Å². The Labute approximate surface area is 245 Å². The lowest BCUT2D eigenvalue weighted by Crippen LogP contribution is -2.50. The van der Waals surface area contributed by atoms with Crippen molar-refractivity contribution in [3.8, 4) is 5.75 Å². The van der Waals surface area contributed by atoms with Gasteiger partial charge in [0.25, 0.3) is 5.69 Å². The van der Waals surface area contributed by atoms with Crippen molar-refractivity contribution in [2.75, 3.05) is 5.32 Å². The molecule has 2 aromatic carbocycles. The number of Topliss-reactive ketones (excluding diaryl/α,β-unsaturated/α-hetero) is 1. The van der Waals surface area contributed by atoms with Crippen LogP contribution < -0.4 is 10.1 Å². The number of carbonyl (C=O) groups excluding carboxylic acids is 1. The zero-order valence-electron chi connectivity index (χ0n) is 26.8. The van der Waals surface area contributed by atoms with E-state index in [4.69, 9.17) is 4.74 Å². The number of fused-ring (bicyclic) bond motifs is 1. The summed E-state index contributed by atoms with van der Waals surface area (Å²) in [6.07, 6.45) is 3.50. The number of hydrogen-bond donors (Lipinski definition) is 1. The van der Waals surface area contributed by atoms with Gasteiger partial charge in [-0.1, -0.05) is 89.2 Å². The smallest absolute Gasteiger partial charge is 0.269 e. The van der Waals surface area contributed by atoms with Crippen LogP contribution >= 0.6 is 0 Å². The first-order valence-electron chi connectivity index (χ1n) is 14.4. The number of allylic oxidation sites excluding steroid dienone is 2. The molecule has 6 heteroatoms. The van der Waals surface area contributed by atoms with Gasteiger partial charge in [-0.3, -0.25) is 14.9 Å². The minimum Gasteiger partial charge on any atom is -0.480 e. The van der Waals surface area contributed by atoms with E-state index in [0.717, 1.165) is 33.7 Å². The summed E-state index contributed by atoms with van der Waals surface area (Å²) < 4.78 is 7.06. The first-order valence-corrected chi connectivity index (χ1v) is 14.4. The number of non-ortho nitro benzene ring substituents is 1. The van der Waals surface area contributed by atoms with Crippen LogP contribution in [0.3, 0.4) is 0 Å². The third-order valence-corrected chi connectivity index (χ3v) is 8.06. The first kappa shape index (κ1) is 30.5. The van der Waals surface area contributed by atoms with Gasteiger partial charge in [0, 0.05) is 28.8 Å². The fourth-order valence-electron chi connectivity index (χ4n) is 5.60. The molecule has 0 bridgehead atoms. The number of ether oxygens (including phenoxy) is 1. The molecule has 2 aromatic rings. The summed E-state index contributed by atoms with van der Waals surface area (Å²) in [7, 11) is 0. The summed E-state index contributed by atoms with van der Waals surface area (Å²) in [5, 5.41) is 15.3. The average Bonchev–Trinajstić information content (AvgIpc) is 2.81. The molecule has 1 N–H and O–H groups in total. The van der Waals surface area contributed by atoms with E-state index >= 15 is 0 Å². The number of benzene rings is 2. The van der Waals surface area contributed by atoms with Crippen molar-refractivity contribution < 1.29 is 14.5 Å². The van der Waals surface area contributed by atoms with Crippen LogP contribution in [0.5, 0.6) is 5.75 Å². The molecule has 0 unspecified atom stereocenters. The highest BCUT2D eigenvalue weighted by Crippen LogP contribution is 2.53. The second-order valence-corrected chi connectivity index (χ2v) is 15.8. The fraction of sp³-hybridized carbons (Fsp3) is 0.514. The van der Waals surface area contributed by atoms with Crippen molar-refractivity contribution in [1.82, 2.24) is 0 Å². The normalized spacial score (nSPS) is 19.1. The van der Waals surface area contributed by atoms with E-state index < -0.39 is 27.4 Å². The Morgan fingerprint density at radius 1 is 0.780 bits per heavy atom. The standard InChI is InChI=1S/C35H46N2O4/c1-31(2,3)22-17-24(32(4,5)6)29-27(18-22)36-35(30(41-29)21-13-15-23(16-14-21)37(39)40)19-25(33(7,8)9)28(38)26(20-35)34(10,11)12/h13-20,30,36H,1-12H3/t30-/m1/s1. The molecule has 0 fully saturated rings. The van der Waals surface area contributed by atoms with Gasteiger partial charge >= 0.3 is 0 Å². The number of nitrogens with one attached hydrogen (secondary N) is 1. The lowest BCUT2D eigenvalue weighted by molar-refractivity contribution is -0.384. The maximum Gasteiger partial charge on any atom is 0.269 e. The number of nitrogens with zero attached hydrogens (tertiary/aromatic N) is 1. The monoisotopic (exact) mass is 558 g/mol. The third kappa shape index (κ3) is 5.71. The number of nitro benzene ring substituents is 1. The molecule has 4 rings (SSSR count). The van der Waals surface area contributed by atoms with Gasteiger partial charge in [0.05, 0.1) is 10.6 Å². The van der Waals surface area contributed by atoms with Gasteiger partial charge in [-0.05, 0) is 63.1 Å². The van der Waals surface area contributed by atoms with Crippen molar-refractivity contribution >= 4 is 17.2 Å². The van der Waals surface area contributed by atoms with Crippen molar-refractivity contribution in [3.05, 3.63) is 86.5 Å². The number of carbonyl (C=O) groups is 1. The van der Waals surface area contributed by atoms with E-state index in [1.165, 1.54) is 17.7 Å². The molecule has 0 radical (unpaired) electrons.